The van der Waals surface area contributed by atoms with Gasteiger partial charge in [-0.25, -0.2) is 4.98 Å². The van der Waals surface area contributed by atoms with E-state index in [1.165, 1.54) is 23.9 Å². The second-order valence-electron chi connectivity index (χ2n) is 7.24. The van der Waals surface area contributed by atoms with Crippen molar-refractivity contribution < 1.29 is 14.5 Å². The van der Waals surface area contributed by atoms with E-state index in [9.17, 15) is 20.2 Å². The Labute approximate surface area is 199 Å². The van der Waals surface area contributed by atoms with Gasteiger partial charge in [0, 0.05) is 12.1 Å². The largest absolute Gasteiger partial charge is 0.495 e. The van der Waals surface area contributed by atoms with Crippen molar-refractivity contribution in [1.82, 2.24) is 9.55 Å². The number of hydrogen-bond acceptors (Lipinski definition) is 7. The van der Waals surface area contributed by atoms with Gasteiger partial charge in [-0.15, -0.1) is 0 Å². The number of methoxy groups -OCH3 is 1. The number of ether oxygens (including phenoxy) is 1. The maximum absolute atomic E-state index is 12.9. The molecule has 0 unspecified atom stereocenters. The highest BCUT2D eigenvalue weighted by Crippen LogP contribution is 2.35. The van der Waals surface area contributed by atoms with Gasteiger partial charge in [0.2, 0.25) is 5.91 Å². The number of anilines is 1. The Bertz CT molecular complexity index is 1440. The molecule has 0 fully saturated rings. The van der Waals surface area contributed by atoms with E-state index < -0.39 is 10.2 Å². The van der Waals surface area contributed by atoms with Crippen molar-refractivity contribution in [2.75, 3.05) is 12.4 Å². The Morgan fingerprint density at radius 2 is 1.94 bits per heavy atom. The number of amides is 1. The smallest absolute Gasteiger partial charge is 0.271 e. The molecule has 1 heterocycles. The molecule has 0 saturated carbocycles. The van der Waals surface area contributed by atoms with Crippen LogP contribution in [0.15, 0.2) is 71.9 Å². The molecular weight excluding hydrogens is 454 g/mol. The summed E-state index contributed by atoms with van der Waals surface area (Å²) >= 11 is 1.20. The van der Waals surface area contributed by atoms with E-state index in [4.69, 9.17) is 4.74 Å². The van der Waals surface area contributed by atoms with Crippen molar-refractivity contribution in [3.63, 3.8) is 0 Å². The van der Waals surface area contributed by atoms with E-state index in [-0.39, 0.29) is 11.6 Å². The number of nitrogens with zero attached hydrogens (tertiary/aromatic N) is 4. The van der Waals surface area contributed by atoms with Crippen LogP contribution in [0.25, 0.3) is 16.7 Å². The highest BCUT2D eigenvalue weighted by Gasteiger charge is 2.23. The number of hydrogen-bond donors (Lipinski definition) is 1. The van der Waals surface area contributed by atoms with E-state index in [0.29, 0.717) is 38.9 Å². The van der Waals surface area contributed by atoms with Crippen LogP contribution in [0.3, 0.4) is 0 Å². The number of para-hydroxylation sites is 3. The number of rotatable bonds is 7. The van der Waals surface area contributed by atoms with Crippen LogP contribution < -0.4 is 10.1 Å². The van der Waals surface area contributed by atoms with Crippen LogP contribution in [0.2, 0.25) is 0 Å². The molecular formula is C24H19N5O4S. The molecule has 1 N–H and O–H groups in total. The predicted molar refractivity (Wildman–Crippen MR) is 129 cm³/mol. The van der Waals surface area contributed by atoms with Crippen LogP contribution in [-0.2, 0) is 4.79 Å². The maximum atomic E-state index is 12.9. The minimum absolute atomic E-state index is 0.0763. The van der Waals surface area contributed by atoms with Crippen molar-refractivity contribution in [1.29, 1.82) is 5.26 Å². The van der Waals surface area contributed by atoms with Gasteiger partial charge in [0.05, 0.1) is 45.3 Å². The molecule has 0 radical (unpaired) electrons. The number of non-ortho nitro benzene ring substituents is 1. The first-order chi connectivity index (χ1) is 16.4. The second-order valence-corrected chi connectivity index (χ2v) is 8.55. The van der Waals surface area contributed by atoms with E-state index in [1.807, 2.05) is 22.8 Å². The van der Waals surface area contributed by atoms with Gasteiger partial charge in [0.1, 0.15) is 11.8 Å². The first-order valence-electron chi connectivity index (χ1n) is 10.2. The summed E-state index contributed by atoms with van der Waals surface area (Å²) in [5.41, 5.74) is 2.46. The fourth-order valence-corrected chi connectivity index (χ4v) is 4.36. The van der Waals surface area contributed by atoms with Crippen LogP contribution in [-0.4, -0.2) is 32.7 Å². The van der Waals surface area contributed by atoms with Gasteiger partial charge >= 0.3 is 0 Å². The fraction of sp³-hybridized carbons (Fsp3) is 0.125. The Kier molecular flexibility index (Phi) is 6.47. The molecule has 0 bridgehead atoms. The summed E-state index contributed by atoms with van der Waals surface area (Å²) in [6, 6.07) is 20.6. The number of carbonyl (C=O) groups excluding carboxylic acids is 1. The minimum atomic E-state index is -0.591. The standard InChI is InChI=1S/C24H19N5O4S/c1-15(23(30)26-18-8-4-3-7-16(18)14-25)34-24-27-19-13-17(29(31)32)11-12-20(19)28(24)21-9-5-6-10-22(21)33-2/h3-13,15H,1-2H3,(H,26,30)/t15-/m0/s1. The van der Waals surface area contributed by atoms with Crippen molar-refractivity contribution in [3.05, 3.63) is 82.4 Å². The predicted octanol–water partition coefficient (Wildman–Crippen LogP) is 4.93. The lowest BCUT2D eigenvalue weighted by molar-refractivity contribution is -0.384. The second kappa shape index (κ2) is 9.64. The highest BCUT2D eigenvalue weighted by atomic mass is 32.2. The van der Waals surface area contributed by atoms with Gasteiger partial charge in [0.25, 0.3) is 5.69 Å². The highest BCUT2D eigenvalue weighted by molar-refractivity contribution is 8.00. The van der Waals surface area contributed by atoms with Crippen molar-refractivity contribution in [2.24, 2.45) is 0 Å². The third-order valence-electron chi connectivity index (χ3n) is 5.10. The molecule has 0 saturated heterocycles. The van der Waals surface area contributed by atoms with Crippen LogP contribution in [0.4, 0.5) is 11.4 Å². The van der Waals surface area contributed by atoms with Gasteiger partial charge in [0.15, 0.2) is 5.16 Å². The monoisotopic (exact) mass is 473 g/mol. The Morgan fingerprint density at radius 3 is 2.68 bits per heavy atom. The average Bonchev–Trinajstić information content (AvgIpc) is 3.20. The quantitative estimate of drug-likeness (QED) is 0.229. The molecule has 1 amide bonds. The third kappa shape index (κ3) is 4.42. The molecule has 3 aromatic carbocycles. The molecule has 4 rings (SSSR count). The first kappa shape index (κ1) is 22.8. The fourth-order valence-electron chi connectivity index (χ4n) is 3.42. The molecule has 0 spiro atoms. The Hall–Kier alpha value is -4.36. The lowest BCUT2D eigenvalue weighted by Crippen LogP contribution is -2.23. The zero-order chi connectivity index (χ0) is 24.2. The number of imidazole rings is 1. The molecule has 0 aliphatic heterocycles. The van der Waals surface area contributed by atoms with Crippen molar-refractivity contribution in [3.8, 4) is 17.5 Å². The Balaban J connectivity index is 1.74. The SMILES string of the molecule is COc1ccccc1-n1c(S[C@@H](C)C(=O)Nc2ccccc2C#N)nc2cc([N+](=O)[O-])ccc21. The number of benzene rings is 3. The number of nitro groups is 1. The van der Waals surface area contributed by atoms with Crippen LogP contribution in [0.1, 0.15) is 12.5 Å². The summed E-state index contributed by atoms with van der Waals surface area (Å²) in [6.07, 6.45) is 0. The summed E-state index contributed by atoms with van der Waals surface area (Å²) in [5.74, 6) is 0.277. The van der Waals surface area contributed by atoms with Crippen LogP contribution >= 0.6 is 11.8 Å². The number of fused-ring (bicyclic) bond motifs is 1. The van der Waals surface area contributed by atoms with Crippen LogP contribution in [0.5, 0.6) is 5.75 Å². The van der Waals surface area contributed by atoms with Crippen molar-refractivity contribution in [2.45, 2.75) is 17.3 Å². The first-order valence-corrected chi connectivity index (χ1v) is 11.1. The summed E-state index contributed by atoms with van der Waals surface area (Å²) < 4.78 is 7.33. The Morgan fingerprint density at radius 1 is 1.21 bits per heavy atom. The average molecular weight is 474 g/mol. The van der Waals surface area contributed by atoms with Gasteiger partial charge in [-0.1, -0.05) is 36.0 Å². The molecule has 1 atom stereocenters. The summed E-state index contributed by atoms with van der Waals surface area (Å²) in [4.78, 5) is 28.3. The normalized spacial score (nSPS) is 11.6. The van der Waals surface area contributed by atoms with E-state index in [1.54, 1.807) is 50.4 Å². The van der Waals surface area contributed by atoms with Crippen molar-refractivity contribution >= 4 is 40.1 Å². The minimum Gasteiger partial charge on any atom is -0.495 e. The molecule has 0 aliphatic rings. The summed E-state index contributed by atoms with van der Waals surface area (Å²) in [5, 5.41) is 23.2. The lowest BCUT2D eigenvalue weighted by atomic mass is 10.2. The molecule has 4 aromatic rings. The molecule has 34 heavy (non-hydrogen) atoms. The number of carbonyl (C=O) groups is 1. The topological polar surface area (TPSA) is 123 Å². The summed E-state index contributed by atoms with van der Waals surface area (Å²) in [6.45, 7) is 1.73. The lowest BCUT2D eigenvalue weighted by Gasteiger charge is -2.15. The van der Waals surface area contributed by atoms with Gasteiger partial charge in [-0.05, 0) is 37.3 Å². The zero-order valence-electron chi connectivity index (χ0n) is 18.3. The zero-order valence-corrected chi connectivity index (χ0v) is 19.1. The van der Waals surface area contributed by atoms with E-state index >= 15 is 0 Å². The summed E-state index contributed by atoms with van der Waals surface area (Å²) in [7, 11) is 1.55. The number of nitriles is 1. The van der Waals surface area contributed by atoms with Gasteiger partial charge < -0.3 is 10.1 Å². The molecule has 0 aliphatic carbocycles. The molecule has 1 aromatic heterocycles. The number of aromatic nitrogens is 2. The number of thioether (sulfide) groups is 1. The van der Waals surface area contributed by atoms with E-state index in [2.05, 4.69) is 16.4 Å². The molecule has 170 valence electrons. The van der Waals surface area contributed by atoms with Crippen LogP contribution in [0, 0.1) is 21.4 Å². The molecule has 9 nitrogen and oxygen atoms in total. The van der Waals surface area contributed by atoms with Gasteiger partial charge in [-0.2, -0.15) is 5.26 Å². The molecule has 10 heteroatoms. The number of nitrogens with one attached hydrogen (secondary N) is 1. The maximum Gasteiger partial charge on any atom is 0.271 e. The third-order valence-corrected chi connectivity index (χ3v) is 6.15. The van der Waals surface area contributed by atoms with Gasteiger partial charge in [-0.3, -0.25) is 19.5 Å². The number of nitro benzene ring substituents is 1. The van der Waals surface area contributed by atoms with E-state index in [0.717, 1.165) is 0 Å².